The van der Waals surface area contributed by atoms with Gasteiger partial charge in [-0.3, -0.25) is 14.4 Å². The molecule has 0 heterocycles. The van der Waals surface area contributed by atoms with E-state index in [0.717, 1.165) is 96.3 Å². The van der Waals surface area contributed by atoms with E-state index < -0.39 is 6.10 Å². The Balaban J connectivity index is 4.05. The molecule has 1 unspecified atom stereocenters. The van der Waals surface area contributed by atoms with Gasteiger partial charge in [-0.25, -0.2) is 0 Å². The molecule has 0 N–H and O–H groups in total. The van der Waals surface area contributed by atoms with Gasteiger partial charge in [0, 0.05) is 19.3 Å². The largest absolute Gasteiger partial charge is 0.462 e. The van der Waals surface area contributed by atoms with E-state index in [1.807, 2.05) is 0 Å². The normalized spacial score (nSPS) is 12.5. The first-order chi connectivity index (χ1) is 39.0. The summed E-state index contributed by atoms with van der Waals surface area (Å²) in [6.45, 7) is 6.50. The fourth-order valence-corrected chi connectivity index (χ4v) is 10.0. The lowest BCUT2D eigenvalue weighted by atomic mass is 10.0. The van der Waals surface area contributed by atoms with Crippen molar-refractivity contribution >= 4 is 17.9 Å². The number of unbranched alkanes of at least 4 members (excludes halogenated alkanes) is 40. The average Bonchev–Trinajstić information content (AvgIpc) is 3.45. The van der Waals surface area contributed by atoms with E-state index in [-0.39, 0.29) is 31.1 Å². The molecule has 0 amide bonds. The molecule has 0 saturated heterocycles. The monoisotopic (exact) mass is 1100 g/mol. The maximum atomic E-state index is 12.8. The van der Waals surface area contributed by atoms with Crippen molar-refractivity contribution in [2.45, 2.75) is 361 Å². The summed E-state index contributed by atoms with van der Waals surface area (Å²) in [5.41, 5.74) is 0. The van der Waals surface area contributed by atoms with E-state index in [2.05, 4.69) is 93.7 Å². The van der Waals surface area contributed by atoms with Crippen LogP contribution in [0.5, 0.6) is 0 Å². The second kappa shape index (κ2) is 67.4. The molecule has 6 heteroatoms. The van der Waals surface area contributed by atoms with Gasteiger partial charge in [-0.15, -0.1) is 0 Å². The number of hydrogen-bond donors (Lipinski definition) is 0. The number of carbonyl (C=O) groups is 3. The second-order valence-electron chi connectivity index (χ2n) is 23.1. The van der Waals surface area contributed by atoms with Crippen LogP contribution in [0.4, 0.5) is 0 Å². The van der Waals surface area contributed by atoms with Crippen LogP contribution in [0, 0.1) is 0 Å². The Bertz CT molecular complexity index is 1450. The van der Waals surface area contributed by atoms with E-state index in [9.17, 15) is 14.4 Å². The quantitative estimate of drug-likeness (QED) is 0.0261. The minimum Gasteiger partial charge on any atom is -0.462 e. The fourth-order valence-electron chi connectivity index (χ4n) is 10.0. The topological polar surface area (TPSA) is 78.9 Å². The molecule has 0 saturated carbocycles. The summed E-state index contributed by atoms with van der Waals surface area (Å²) < 4.78 is 16.9. The van der Waals surface area contributed by atoms with Crippen LogP contribution in [-0.4, -0.2) is 37.2 Å². The molecule has 0 spiro atoms. The molecule has 6 nitrogen and oxygen atoms in total. The van der Waals surface area contributed by atoms with Crippen molar-refractivity contribution in [2.24, 2.45) is 0 Å². The molecule has 0 aliphatic carbocycles. The third-order valence-electron chi connectivity index (χ3n) is 15.2. The molecular formula is C73H130O6. The zero-order chi connectivity index (χ0) is 57.1. The molecule has 0 aromatic rings. The van der Waals surface area contributed by atoms with E-state index >= 15 is 0 Å². The Morgan fingerprint density at radius 3 is 0.810 bits per heavy atom. The molecule has 0 fully saturated rings. The number of allylic oxidation sites excluding steroid dienone is 12. The van der Waals surface area contributed by atoms with Gasteiger partial charge in [-0.2, -0.15) is 0 Å². The summed E-state index contributed by atoms with van der Waals surface area (Å²) in [5, 5.41) is 0. The van der Waals surface area contributed by atoms with Gasteiger partial charge in [0.05, 0.1) is 0 Å². The summed E-state index contributed by atoms with van der Waals surface area (Å²) in [4.78, 5) is 38.2. The summed E-state index contributed by atoms with van der Waals surface area (Å²) >= 11 is 0. The van der Waals surface area contributed by atoms with Crippen LogP contribution < -0.4 is 0 Å². The Hall–Kier alpha value is -3.15. The number of hydrogen-bond acceptors (Lipinski definition) is 6. The lowest BCUT2D eigenvalue weighted by molar-refractivity contribution is -0.167. The number of esters is 3. The molecule has 0 radical (unpaired) electrons. The predicted molar refractivity (Wildman–Crippen MR) is 344 cm³/mol. The fraction of sp³-hybridized carbons (Fsp3) is 0.795. The highest BCUT2D eigenvalue weighted by Gasteiger charge is 2.19. The lowest BCUT2D eigenvalue weighted by Crippen LogP contribution is -2.30. The lowest BCUT2D eigenvalue weighted by Gasteiger charge is -2.18. The van der Waals surface area contributed by atoms with Crippen molar-refractivity contribution in [3.63, 3.8) is 0 Å². The Labute approximate surface area is 491 Å². The van der Waals surface area contributed by atoms with Crippen molar-refractivity contribution < 1.29 is 28.6 Å². The predicted octanol–water partition coefficient (Wildman–Crippen LogP) is 23.7. The van der Waals surface area contributed by atoms with E-state index in [1.165, 1.54) is 218 Å². The molecule has 0 aromatic carbocycles. The van der Waals surface area contributed by atoms with Gasteiger partial charge in [-0.05, 0) is 109 Å². The molecule has 0 aliphatic heterocycles. The third-order valence-corrected chi connectivity index (χ3v) is 15.2. The van der Waals surface area contributed by atoms with Crippen molar-refractivity contribution in [2.75, 3.05) is 13.2 Å². The summed E-state index contributed by atoms with van der Waals surface area (Å²) in [7, 11) is 0. The van der Waals surface area contributed by atoms with Crippen molar-refractivity contribution in [1.29, 1.82) is 0 Å². The standard InChI is InChI=1S/C73H130O6/c1-4-7-10-13-16-19-22-25-26-27-28-29-30-31-32-33-34-35-36-37-38-39-40-41-42-43-44-45-46-49-51-54-57-60-63-66-72(75)78-69-70(79-73(76)67-64-61-58-55-52-48-24-21-18-15-12-9-6-3)68-77-71(74)65-62-59-56-53-50-47-23-20-17-14-11-8-5-2/h9,12,18,20-23,25,27-28,48,52,70H,4-8,10-11,13-17,19,24,26,29-47,49-51,53-69H2,1-3H3/b12-9-,21-18-,23-20-,25-22-,28-27-,52-48-. The zero-order valence-electron chi connectivity index (χ0n) is 52.6. The van der Waals surface area contributed by atoms with E-state index in [1.54, 1.807) is 0 Å². The van der Waals surface area contributed by atoms with Crippen LogP contribution in [-0.2, 0) is 28.6 Å². The van der Waals surface area contributed by atoms with Gasteiger partial charge in [-0.1, -0.05) is 299 Å². The van der Waals surface area contributed by atoms with Crippen molar-refractivity contribution in [3.05, 3.63) is 72.9 Å². The summed E-state index contributed by atoms with van der Waals surface area (Å²) in [6, 6.07) is 0. The van der Waals surface area contributed by atoms with Gasteiger partial charge in [0.2, 0.25) is 0 Å². The van der Waals surface area contributed by atoms with Crippen LogP contribution in [0.3, 0.4) is 0 Å². The van der Waals surface area contributed by atoms with Crippen molar-refractivity contribution in [3.8, 4) is 0 Å². The molecule has 0 rings (SSSR count). The molecule has 458 valence electrons. The smallest absolute Gasteiger partial charge is 0.306 e. The average molecular weight is 1100 g/mol. The Morgan fingerprint density at radius 1 is 0.266 bits per heavy atom. The maximum absolute atomic E-state index is 12.8. The summed E-state index contributed by atoms with van der Waals surface area (Å²) in [6.07, 6.45) is 88.1. The van der Waals surface area contributed by atoms with Gasteiger partial charge in [0.25, 0.3) is 0 Å². The first-order valence-corrected chi connectivity index (χ1v) is 34.4. The molecule has 79 heavy (non-hydrogen) atoms. The highest BCUT2D eigenvalue weighted by Crippen LogP contribution is 2.18. The molecule has 0 bridgehead atoms. The van der Waals surface area contributed by atoms with Crippen LogP contribution in [0.25, 0.3) is 0 Å². The highest BCUT2D eigenvalue weighted by molar-refractivity contribution is 5.71. The van der Waals surface area contributed by atoms with Crippen LogP contribution in [0.1, 0.15) is 355 Å². The van der Waals surface area contributed by atoms with Crippen LogP contribution in [0.15, 0.2) is 72.9 Å². The van der Waals surface area contributed by atoms with Crippen LogP contribution in [0.2, 0.25) is 0 Å². The summed E-state index contributed by atoms with van der Waals surface area (Å²) in [5.74, 6) is -0.911. The minimum atomic E-state index is -0.792. The first kappa shape index (κ1) is 75.8. The Kier molecular flexibility index (Phi) is 64.7. The number of rotatable bonds is 63. The first-order valence-electron chi connectivity index (χ1n) is 34.4. The zero-order valence-corrected chi connectivity index (χ0v) is 52.6. The molecule has 0 aliphatic rings. The number of carbonyl (C=O) groups excluding carboxylic acids is 3. The SMILES string of the molecule is CC/C=C\C/C=C\C/C=C\CCCCCC(=O)OC(COC(=O)CCCCCCC/C=C\CCCCCC)COC(=O)CCCCCCCCCCCCCCCCCCCCCCCCC/C=C\C/C=C\CCCCCCC. The van der Waals surface area contributed by atoms with Gasteiger partial charge >= 0.3 is 17.9 Å². The maximum Gasteiger partial charge on any atom is 0.306 e. The van der Waals surface area contributed by atoms with E-state index in [4.69, 9.17) is 14.2 Å². The van der Waals surface area contributed by atoms with Gasteiger partial charge < -0.3 is 14.2 Å². The van der Waals surface area contributed by atoms with Crippen molar-refractivity contribution in [1.82, 2.24) is 0 Å². The van der Waals surface area contributed by atoms with Gasteiger partial charge in [0.15, 0.2) is 6.10 Å². The molecule has 1 atom stereocenters. The molecular weight excluding hydrogens is 973 g/mol. The van der Waals surface area contributed by atoms with E-state index in [0.29, 0.717) is 19.3 Å². The van der Waals surface area contributed by atoms with Gasteiger partial charge in [0.1, 0.15) is 13.2 Å². The highest BCUT2D eigenvalue weighted by atomic mass is 16.6. The second-order valence-corrected chi connectivity index (χ2v) is 23.1. The number of ether oxygens (including phenoxy) is 3. The Morgan fingerprint density at radius 2 is 0.494 bits per heavy atom. The van der Waals surface area contributed by atoms with Crippen LogP contribution >= 0.6 is 0 Å². The minimum absolute atomic E-state index is 0.0866. The molecule has 0 aromatic heterocycles. The third kappa shape index (κ3) is 65.5.